The minimum absolute atomic E-state index is 0. The van der Waals surface area contributed by atoms with Gasteiger partial charge in [0.1, 0.15) is 5.65 Å². The number of imidazole rings is 1. The number of benzene rings is 2. The van der Waals surface area contributed by atoms with Crippen LogP contribution in [0, 0.1) is 13.8 Å². The number of hydrogen-bond acceptors (Lipinski definition) is 5. The Morgan fingerprint density at radius 1 is 1.10 bits per heavy atom. The van der Waals surface area contributed by atoms with E-state index in [-0.39, 0.29) is 8.76 Å². The Morgan fingerprint density at radius 3 is 2.55 bits per heavy atom. The van der Waals surface area contributed by atoms with Gasteiger partial charge in [-0.1, -0.05) is 30.8 Å². The quantitative estimate of drug-likeness (QED) is 0.226. The second-order valence-electron chi connectivity index (χ2n) is 11.4. The van der Waals surface area contributed by atoms with Crippen LogP contribution in [0.25, 0.3) is 44.7 Å². The van der Waals surface area contributed by atoms with Crippen LogP contribution < -0.4 is 10.2 Å². The van der Waals surface area contributed by atoms with E-state index in [4.69, 9.17) is 4.98 Å². The highest BCUT2D eigenvalue weighted by Crippen LogP contribution is 2.42. The van der Waals surface area contributed by atoms with Gasteiger partial charge in [0.15, 0.2) is 0 Å². The number of amides is 1. The van der Waals surface area contributed by atoms with E-state index in [0.29, 0.717) is 6.04 Å². The van der Waals surface area contributed by atoms with Crippen molar-refractivity contribution in [3.05, 3.63) is 85.0 Å². The second-order valence-corrected chi connectivity index (χ2v) is 11.4. The van der Waals surface area contributed by atoms with Crippen LogP contribution in [0.1, 0.15) is 20.9 Å². The minimum Gasteiger partial charge on any atom is -0.369 e. The Labute approximate surface area is 249 Å². The predicted octanol–water partition coefficient (Wildman–Crippen LogP) is 6.67. The summed E-state index contributed by atoms with van der Waals surface area (Å²) in [5, 5.41) is 4.01. The van der Waals surface area contributed by atoms with Crippen LogP contribution in [0.2, 0.25) is 0 Å². The molecule has 0 bridgehead atoms. The molecule has 0 unspecified atom stereocenters. The normalized spacial score (nSPS) is 15.7. The van der Waals surface area contributed by atoms with Crippen LogP contribution in [-0.4, -0.2) is 63.0 Å². The van der Waals surface area contributed by atoms with Crippen LogP contribution in [0.4, 0.5) is 11.4 Å². The number of hydrogen-bond donors (Lipinski definition) is 2. The summed E-state index contributed by atoms with van der Waals surface area (Å²) in [6.07, 6.45) is 7.00. The molecule has 0 saturated carbocycles. The number of fused-ring (bicyclic) bond motifs is 1. The first-order valence-electron chi connectivity index (χ1n) is 14.3. The number of carbonyl (C=O) groups excluding carboxylic acids is 1. The van der Waals surface area contributed by atoms with Crippen LogP contribution in [0.15, 0.2) is 73.8 Å². The maximum Gasteiger partial charge on any atom is 0.247 e. The SMILES string of the molecule is C=CC(=O)Nc1cc(-c2c(-c3ccc(N4CCN(C)[C@@H](C)C4)cc3)[nH]c3ncc(-c4cn(C)cn4)c(C)c23)ccc1C.[HH].[HH]. The highest BCUT2D eigenvalue weighted by Gasteiger charge is 2.23. The van der Waals surface area contributed by atoms with Crippen molar-refractivity contribution in [2.75, 3.05) is 36.9 Å². The van der Waals surface area contributed by atoms with E-state index in [1.54, 1.807) is 6.33 Å². The molecule has 2 aromatic carbocycles. The van der Waals surface area contributed by atoms with Gasteiger partial charge in [-0.15, -0.1) is 0 Å². The van der Waals surface area contributed by atoms with Crippen molar-refractivity contribution in [1.82, 2.24) is 24.4 Å². The monoisotopic (exact) mass is 563 g/mol. The van der Waals surface area contributed by atoms with Crippen molar-refractivity contribution in [3.63, 3.8) is 0 Å². The number of piperazine rings is 1. The molecule has 1 amide bonds. The fraction of sp³-hybridized carbons (Fsp3) is 0.265. The summed E-state index contributed by atoms with van der Waals surface area (Å²) in [7, 11) is 4.16. The van der Waals surface area contributed by atoms with Gasteiger partial charge in [0.25, 0.3) is 0 Å². The first-order valence-corrected chi connectivity index (χ1v) is 14.3. The zero-order valence-corrected chi connectivity index (χ0v) is 24.9. The van der Waals surface area contributed by atoms with Crippen LogP contribution in [0.5, 0.6) is 0 Å². The van der Waals surface area contributed by atoms with E-state index >= 15 is 0 Å². The lowest BCUT2D eigenvalue weighted by atomic mass is 9.94. The minimum atomic E-state index is -0.238. The van der Waals surface area contributed by atoms with Crippen LogP contribution in [0.3, 0.4) is 0 Å². The Bertz CT molecular complexity index is 1810. The molecule has 0 spiro atoms. The van der Waals surface area contributed by atoms with E-state index in [9.17, 15) is 4.79 Å². The molecule has 1 fully saturated rings. The average Bonchev–Trinajstić information content (AvgIpc) is 3.60. The van der Waals surface area contributed by atoms with Crippen molar-refractivity contribution in [3.8, 4) is 33.6 Å². The third-order valence-electron chi connectivity index (χ3n) is 8.51. The number of aromatic amines is 1. The van der Waals surface area contributed by atoms with Crippen molar-refractivity contribution in [2.45, 2.75) is 26.8 Å². The highest BCUT2D eigenvalue weighted by atomic mass is 16.1. The number of nitrogens with zero attached hydrogens (tertiary/aromatic N) is 5. The molecule has 5 aromatic rings. The molecule has 4 heterocycles. The molecule has 1 saturated heterocycles. The molecular formula is C34H41N7O. The highest BCUT2D eigenvalue weighted by molar-refractivity contribution is 6.07. The van der Waals surface area contributed by atoms with Gasteiger partial charge in [0, 0.05) is 75.9 Å². The smallest absolute Gasteiger partial charge is 0.247 e. The van der Waals surface area contributed by atoms with Crippen molar-refractivity contribution in [2.24, 2.45) is 7.05 Å². The van der Waals surface area contributed by atoms with Crippen molar-refractivity contribution >= 4 is 28.3 Å². The topological polar surface area (TPSA) is 82.1 Å². The lowest BCUT2D eigenvalue weighted by Crippen LogP contribution is -2.50. The number of aryl methyl sites for hydroxylation is 3. The van der Waals surface area contributed by atoms with Gasteiger partial charge in [0.05, 0.1) is 17.7 Å². The fourth-order valence-electron chi connectivity index (χ4n) is 5.84. The van der Waals surface area contributed by atoms with Crippen molar-refractivity contribution < 1.29 is 7.65 Å². The number of rotatable bonds is 6. The van der Waals surface area contributed by atoms with Crippen molar-refractivity contribution in [1.29, 1.82) is 0 Å². The standard InChI is InChI=1S/C34H37N7O.2H2/c1-7-30(42)37-28-16-25(9-8-21(28)2)32-31-23(4)27(29-19-39(5)20-36-29)17-35-34(31)38-33(32)24-10-12-26(13-11-24)41-15-14-40(6)22(3)18-41;;/h7-13,16-17,19-20,22H,1,14-15,18H2,2-6H3,(H,35,38)(H,37,42);2*1H/t22-;;/m0../s1. The molecule has 0 aliphatic carbocycles. The molecule has 1 aliphatic heterocycles. The number of carbonyl (C=O) groups is 1. The maximum absolute atomic E-state index is 12.2. The molecule has 218 valence electrons. The first-order chi connectivity index (χ1) is 20.2. The number of pyridine rings is 1. The van der Waals surface area contributed by atoms with Gasteiger partial charge in [-0.2, -0.15) is 0 Å². The van der Waals surface area contributed by atoms with Gasteiger partial charge >= 0.3 is 0 Å². The van der Waals surface area contributed by atoms with Gasteiger partial charge in [-0.25, -0.2) is 9.97 Å². The first kappa shape index (κ1) is 27.5. The summed E-state index contributed by atoms with van der Waals surface area (Å²) in [5.74, 6) is -0.238. The molecular weight excluding hydrogens is 522 g/mol. The molecule has 6 rings (SSSR count). The fourth-order valence-corrected chi connectivity index (χ4v) is 5.84. The van der Waals surface area contributed by atoms with E-state index in [1.807, 2.05) is 43.1 Å². The van der Waals surface area contributed by atoms with E-state index < -0.39 is 0 Å². The third-order valence-corrected chi connectivity index (χ3v) is 8.51. The Morgan fingerprint density at radius 2 is 1.86 bits per heavy atom. The summed E-state index contributed by atoms with van der Waals surface area (Å²) in [6.45, 7) is 13.1. The molecule has 8 heteroatoms. The molecule has 1 aliphatic rings. The Balaban J connectivity index is 0.00000221. The van der Waals surface area contributed by atoms with E-state index in [0.717, 1.165) is 81.1 Å². The molecule has 2 N–H and O–H groups in total. The Hall–Kier alpha value is -4.69. The third kappa shape index (κ3) is 4.99. The van der Waals surface area contributed by atoms with Crippen LogP contribution >= 0.6 is 0 Å². The van der Waals surface area contributed by atoms with Crippen LogP contribution in [-0.2, 0) is 11.8 Å². The number of likely N-dealkylation sites (N-methyl/N-ethyl adjacent to an activating group) is 1. The lowest BCUT2D eigenvalue weighted by Gasteiger charge is -2.39. The lowest BCUT2D eigenvalue weighted by molar-refractivity contribution is -0.111. The summed E-state index contributed by atoms with van der Waals surface area (Å²) in [5.41, 5.74) is 10.8. The number of aromatic nitrogens is 4. The second kappa shape index (κ2) is 10.9. The van der Waals surface area contributed by atoms with E-state index in [2.05, 4.69) is 82.9 Å². The number of nitrogens with one attached hydrogen (secondary N) is 2. The zero-order chi connectivity index (χ0) is 29.5. The zero-order valence-electron chi connectivity index (χ0n) is 24.9. The number of anilines is 2. The molecule has 3 aromatic heterocycles. The van der Waals surface area contributed by atoms with Gasteiger partial charge in [-0.05, 0) is 74.3 Å². The van der Waals surface area contributed by atoms with Gasteiger partial charge < -0.3 is 24.7 Å². The summed E-state index contributed by atoms with van der Waals surface area (Å²) < 4.78 is 1.94. The largest absolute Gasteiger partial charge is 0.369 e. The van der Waals surface area contributed by atoms with E-state index in [1.165, 1.54) is 11.8 Å². The Kier molecular flexibility index (Phi) is 7.16. The summed E-state index contributed by atoms with van der Waals surface area (Å²) >= 11 is 0. The van der Waals surface area contributed by atoms with Gasteiger partial charge in [-0.3, -0.25) is 4.79 Å². The number of H-pyrrole nitrogens is 1. The summed E-state index contributed by atoms with van der Waals surface area (Å²) in [6, 6.07) is 15.5. The molecule has 0 radical (unpaired) electrons. The van der Waals surface area contributed by atoms with Gasteiger partial charge in [0.2, 0.25) is 5.91 Å². The molecule has 1 atom stereocenters. The predicted molar refractivity (Wildman–Crippen MR) is 176 cm³/mol. The summed E-state index contributed by atoms with van der Waals surface area (Å²) in [4.78, 5) is 30.2. The maximum atomic E-state index is 12.2. The molecule has 42 heavy (non-hydrogen) atoms. The average molecular weight is 564 g/mol. The molecule has 8 nitrogen and oxygen atoms in total.